The van der Waals surface area contributed by atoms with Crippen LogP contribution in [0.5, 0.6) is 0 Å². The van der Waals surface area contributed by atoms with Crippen molar-refractivity contribution in [3.05, 3.63) is 58.9 Å². The van der Waals surface area contributed by atoms with Gasteiger partial charge in [-0.25, -0.2) is 0 Å². The molecule has 1 aromatic carbocycles. The van der Waals surface area contributed by atoms with Crippen molar-refractivity contribution in [2.75, 3.05) is 5.32 Å². The Balaban J connectivity index is 2.10. The fourth-order valence-electron chi connectivity index (χ4n) is 2.01. The number of carboxylic acids is 1. The number of rotatable bonds is 4. The van der Waals surface area contributed by atoms with Gasteiger partial charge in [0.25, 0.3) is 5.91 Å². The van der Waals surface area contributed by atoms with Crippen LogP contribution in [-0.4, -0.2) is 22.0 Å². The quantitative estimate of drug-likeness (QED) is 0.904. The number of anilines is 1. The zero-order chi connectivity index (χ0) is 15.4. The first kappa shape index (κ1) is 14.7. The van der Waals surface area contributed by atoms with E-state index in [-0.39, 0.29) is 12.3 Å². The van der Waals surface area contributed by atoms with Crippen LogP contribution < -0.4 is 5.32 Å². The van der Waals surface area contributed by atoms with Crippen LogP contribution in [0.25, 0.3) is 0 Å². The topological polar surface area (TPSA) is 79.3 Å². The number of amides is 1. The van der Waals surface area contributed by atoms with Gasteiger partial charge in [-0.1, -0.05) is 12.1 Å². The Kier molecular flexibility index (Phi) is 4.33. The summed E-state index contributed by atoms with van der Waals surface area (Å²) in [4.78, 5) is 27.0. The average Bonchev–Trinajstić information content (AvgIpc) is 2.40. The van der Waals surface area contributed by atoms with Crippen LogP contribution in [0.3, 0.4) is 0 Å². The summed E-state index contributed by atoms with van der Waals surface area (Å²) >= 11 is 0. The maximum absolute atomic E-state index is 12.2. The molecule has 2 N–H and O–H groups in total. The molecule has 0 aliphatic carbocycles. The number of pyridine rings is 1. The average molecular weight is 284 g/mol. The number of carboxylic acid groups (broad SMARTS) is 1. The lowest BCUT2D eigenvalue weighted by Gasteiger charge is -2.08. The standard InChI is InChI=1S/C16H16N2O3/c1-10-3-8-14(11(2)17-10)16(21)18-13-6-4-12(5-7-13)9-15(19)20/h3-8H,9H2,1-2H3,(H,18,21)(H,19,20). The molecule has 1 heterocycles. The third-order valence-electron chi connectivity index (χ3n) is 3.04. The van der Waals surface area contributed by atoms with Crippen molar-refractivity contribution in [3.63, 3.8) is 0 Å². The van der Waals surface area contributed by atoms with Crippen LogP contribution in [0.15, 0.2) is 36.4 Å². The van der Waals surface area contributed by atoms with Crippen LogP contribution in [0.2, 0.25) is 0 Å². The SMILES string of the molecule is Cc1ccc(C(=O)Nc2ccc(CC(=O)O)cc2)c(C)n1. The minimum absolute atomic E-state index is 0.0325. The highest BCUT2D eigenvalue weighted by Crippen LogP contribution is 2.13. The molecule has 0 saturated heterocycles. The summed E-state index contributed by atoms with van der Waals surface area (Å²) in [5, 5.41) is 11.5. The Morgan fingerprint density at radius 1 is 1.10 bits per heavy atom. The van der Waals surface area contributed by atoms with Crippen LogP contribution in [0.1, 0.15) is 27.3 Å². The van der Waals surface area contributed by atoms with E-state index in [1.54, 1.807) is 43.3 Å². The highest BCUT2D eigenvalue weighted by molar-refractivity contribution is 6.05. The first-order chi connectivity index (χ1) is 9.95. The monoisotopic (exact) mass is 284 g/mol. The number of nitrogens with zero attached hydrogens (tertiary/aromatic N) is 1. The maximum Gasteiger partial charge on any atom is 0.307 e. The zero-order valence-electron chi connectivity index (χ0n) is 11.9. The predicted octanol–water partition coefficient (Wildman–Crippen LogP) is 2.58. The Bertz CT molecular complexity index is 678. The molecule has 0 spiro atoms. The Labute approximate surface area is 122 Å². The Morgan fingerprint density at radius 2 is 1.76 bits per heavy atom. The van der Waals surface area contributed by atoms with E-state index in [4.69, 9.17) is 5.11 Å². The summed E-state index contributed by atoms with van der Waals surface area (Å²) in [6, 6.07) is 10.3. The molecule has 2 rings (SSSR count). The minimum atomic E-state index is -0.881. The summed E-state index contributed by atoms with van der Waals surface area (Å²) in [5.41, 5.74) is 3.37. The van der Waals surface area contributed by atoms with Gasteiger partial charge in [0.2, 0.25) is 0 Å². The fourth-order valence-corrected chi connectivity index (χ4v) is 2.01. The lowest BCUT2D eigenvalue weighted by Crippen LogP contribution is -2.14. The number of hydrogen-bond acceptors (Lipinski definition) is 3. The summed E-state index contributed by atoms with van der Waals surface area (Å²) in [6.07, 6.45) is -0.0325. The van der Waals surface area contributed by atoms with Crippen molar-refractivity contribution in [3.8, 4) is 0 Å². The van der Waals surface area contributed by atoms with Gasteiger partial charge >= 0.3 is 5.97 Å². The zero-order valence-corrected chi connectivity index (χ0v) is 11.9. The molecule has 5 nitrogen and oxygen atoms in total. The normalized spacial score (nSPS) is 10.2. The van der Waals surface area contributed by atoms with Gasteiger partial charge in [-0.2, -0.15) is 0 Å². The summed E-state index contributed by atoms with van der Waals surface area (Å²) in [5.74, 6) is -1.11. The molecule has 2 aromatic rings. The number of benzene rings is 1. The first-order valence-corrected chi connectivity index (χ1v) is 6.52. The van der Waals surface area contributed by atoms with Gasteiger partial charge < -0.3 is 10.4 Å². The second kappa shape index (κ2) is 6.17. The maximum atomic E-state index is 12.2. The smallest absolute Gasteiger partial charge is 0.307 e. The molecule has 0 unspecified atom stereocenters. The Hall–Kier alpha value is -2.69. The molecule has 5 heteroatoms. The van der Waals surface area contributed by atoms with Crippen LogP contribution >= 0.6 is 0 Å². The summed E-state index contributed by atoms with van der Waals surface area (Å²) < 4.78 is 0. The first-order valence-electron chi connectivity index (χ1n) is 6.52. The van der Waals surface area contributed by atoms with Crippen molar-refractivity contribution in [2.45, 2.75) is 20.3 Å². The second-order valence-electron chi connectivity index (χ2n) is 4.81. The van der Waals surface area contributed by atoms with Gasteiger partial charge in [0.1, 0.15) is 0 Å². The summed E-state index contributed by atoms with van der Waals surface area (Å²) in [7, 11) is 0. The molecule has 0 fully saturated rings. The largest absolute Gasteiger partial charge is 0.481 e. The number of nitrogens with one attached hydrogen (secondary N) is 1. The van der Waals surface area contributed by atoms with Gasteiger partial charge in [0, 0.05) is 11.4 Å². The molecule has 0 saturated carbocycles. The van der Waals surface area contributed by atoms with E-state index >= 15 is 0 Å². The van der Waals surface area contributed by atoms with E-state index in [0.29, 0.717) is 22.5 Å². The highest BCUT2D eigenvalue weighted by atomic mass is 16.4. The fraction of sp³-hybridized carbons (Fsp3) is 0.188. The Morgan fingerprint density at radius 3 is 2.33 bits per heavy atom. The van der Waals surface area contributed by atoms with Gasteiger partial charge in [-0.05, 0) is 43.7 Å². The van der Waals surface area contributed by atoms with Gasteiger partial charge in [-0.15, -0.1) is 0 Å². The van der Waals surface area contributed by atoms with Gasteiger partial charge in [-0.3, -0.25) is 14.6 Å². The number of aliphatic carboxylic acids is 1. The van der Waals surface area contributed by atoms with Crippen LogP contribution in [-0.2, 0) is 11.2 Å². The van der Waals surface area contributed by atoms with E-state index in [9.17, 15) is 9.59 Å². The molecule has 21 heavy (non-hydrogen) atoms. The summed E-state index contributed by atoms with van der Waals surface area (Å²) in [6.45, 7) is 3.66. The molecule has 0 aliphatic rings. The lowest BCUT2D eigenvalue weighted by atomic mass is 10.1. The van der Waals surface area contributed by atoms with Crippen LogP contribution in [0, 0.1) is 13.8 Å². The number of aryl methyl sites for hydroxylation is 2. The number of carbonyl (C=O) groups is 2. The van der Waals surface area contributed by atoms with Gasteiger partial charge in [0.05, 0.1) is 17.7 Å². The molecular formula is C16H16N2O3. The van der Waals surface area contributed by atoms with Crippen molar-refractivity contribution in [2.24, 2.45) is 0 Å². The third kappa shape index (κ3) is 3.89. The molecule has 0 bridgehead atoms. The van der Waals surface area contributed by atoms with Gasteiger partial charge in [0.15, 0.2) is 0 Å². The van der Waals surface area contributed by atoms with Crippen molar-refractivity contribution in [1.29, 1.82) is 0 Å². The predicted molar refractivity (Wildman–Crippen MR) is 79.4 cm³/mol. The minimum Gasteiger partial charge on any atom is -0.481 e. The van der Waals surface area contributed by atoms with E-state index in [1.165, 1.54) is 0 Å². The highest BCUT2D eigenvalue weighted by Gasteiger charge is 2.10. The van der Waals surface area contributed by atoms with Crippen LogP contribution in [0.4, 0.5) is 5.69 Å². The number of hydrogen-bond donors (Lipinski definition) is 2. The lowest BCUT2D eigenvalue weighted by molar-refractivity contribution is -0.136. The van der Waals surface area contributed by atoms with E-state index in [0.717, 1.165) is 5.69 Å². The molecule has 0 atom stereocenters. The van der Waals surface area contributed by atoms with Crippen molar-refractivity contribution >= 4 is 17.6 Å². The second-order valence-corrected chi connectivity index (χ2v) is 4.81. The van der Waals surface area contributed by atoms with E-state index in [1.807, 2.05) is 6.92 Å². The third-order valence-corrected chi connectivity index (χ3v) is 3.04. The van der Waals surface area contributed by atoms with E-state index in [2.05, 4.69) is 10.3 Å². The van der Waals surface area contributed by atoms with Crippen molar-refractivity contribution in [1.82, 2.24) is 4.98 Å². The molecule has 1 amide bonds. The molecule has 0 radical (unpaired) electrons. The number of aromatic nitrogens is 1. The molecule has 1 aromatic heterocycles. The number of carbonyl (C=O) groups excluding carboxylic acids is 1. The van der Waals surface area contributed by atoms with E-state index < -0.39 is 5.97 Å². The van der Waals surface area contributed by atoms with Crippen molar-refractivity contribution < 1.29 is 14.7 Å². The molecular weight excluding hydrogens is 268 g/mol. The molecule has 108 valence electrons. The molecule has 0 aliphatic heterocycles.